The van der Waals surface area contributed by atoms with E-state index in [1.165, 1.54) is 16.2 Å². The van der Waals surface area contributed by atoms with E-state index in [4.69, 9.17) is 14.3 Å². The van der Waals surface area contributed by atoms with E-state index in [1.807, 2.05) is 11.4 Å². The lowest BCUT2D eigenvalue weighted by atomic mass is 10.2. The Hall–Kier alpha value is -2.19. The summed E-state index contributed by atoms with van der Waals surface area (Å²) in [7, 11) is 0. The first-order chi connectivity index (χ1) is 10.6. The molecule has 0 aliphatic carbocycles. The smallest absolute Gasteiger partial charge is 0.334 e. The number of aliphatic carboxylic acids is 1. The fraction of sp³-hybridized carbons (Fsp3) is 0.357. The third-order valence-electron chi connectivity index (χ3n) is 3.35. The van der Waals surface area contributed by atoms with Gasteiger partial charge in [0.15, 0.2) is 6.10 Å². The maximum absolute atomic E-state index is 12.3. The molecule has 0 bridgehead atoms. The lowest BCUT2D eigenvalue weighted by Gasteiger charge is -2.30. The molecule has 1 amide bonds. The second-order valence-corrected chi connectivity index (χ2v) is 5.73. The third-order valence-corrected chi connectivity index (χ3v) is 4.29. The van der Waals surface area contributed by atoms with Crippen LogP contribution in [0.15, 0.2) is 28.4 Å². The monoisotopic (exact) mass is 322 g/mol. The first-order valence-corrected chi connectivity index (χ1v) is 7.60. The highest BCUT2D eigenvalue weighted by atomic mass is 32.1. The van der Waals surface area contributed by atoms with Crippen molar-refractivity contribution in [1.82, 2.24) is 9.88 Å². The summed E-state index contributed by atoms with van der Waals surface area (Å²) >= 11 is 1.44. The lowest BCUT2D eigenvalue weighted by molar-refractivity contribution is -0.159. The van der Waals surface area contributed by atoms with Crippen molar-refractivity contribution in [2.24, 2.45) is 0 Å². The van der Waals surface area contributed by atoms with Gasteiger partial charge < -0.3 is 19.2 Å². The van der Waals surface area contributed by atoms with Gasteiger partial charge in [0.25, 0.3) is 0 Å². The topological polar surface area (TPSA) is 92.9 Å². The van der Waals surface area contributed by atoms with Gasteiger partial charge in [-0.15, -0.1) is 11.3 Å². The Morgan fingerprint density at radius 3 is 3.09 bits per heavy atom. The Bertz CT molecular complexity index is 667. The Morgan fingerprint density at radius 1 is 1.50 bits per heavy atom. The molecule has 0 radical (unpaired) electrons. The Labute approximate surface area is 130 Å². The number of hydrogen-bond acceptors (Lipinski definition) is 6. The van der Waals surface area contributed by atoms with Crippen molar-refractivity contribution < 1.29 is 23.8 Å². The zero-order valence-corrected chi connectivity index (χ0v) is 12.4. The highest BCUT2D eigenvalue weighted by molar-refractivity contribution is 7.13. The number of amides is 1. The van der Waals surface area contributed by atoms with Crippen LogP contribution in [0.5, 0.6) is 0 Å². The predicted molar refractivity (Wildman–Crippen MR) is 77.5 cm³/mol. The molecule has 0 aromatic carbocycles. The molecule has 3 heterocycles. The van der Waals surface area contributed by atoms with Crippen molar-refractivity contribution in [1.29, 1.82) is 0 Å². The van der Waals surface area contributed by atoms with Crippen molar-refractivity contribution >= 4 is 23.2 Å². The number of aromatic nitrogens is 1. The van der Waals surface area contributed by atoms with Crippen LogP contribution >= 0.6 is 11.3 Å². The van der Waals surface area contributed by atoms with Gasteiger partial charge in [-0.05, 0) is 6.07 Å². The number of thiazole rings is 1. The number of nitrogens with zero attached hydrogens (tertiary/aromatic N) is 2. The number of morpholine rings is 1. The summed E-state index contributed by atoms with van der Waals surface area (Å²) < 4.78 is 10.1. The summed E-state index contributed by atoms with van der Waals surface area (Å²) in [6.07, 6.45) is 2.38. The van der Waals surface area contributed by atoms with Crippen LogP contribution in [0, 0.1) is 0 Å². The fourth-order valence-electron chi connectivity index (χ4n) is 2.20. The number of carbonyl (C=O) groups is 2. The zero-order chi connectivity index (χ0) is 15.5. The van der Waals surface area contributed by atoms with Gasteiger partial charge in [-0.3, -0.25) is 4.79 Å². The maximum atomic E-state index is 12.3. The van der Waals surface area contributed by atoms with Gasteiger partial charge in [-0.2, -0.15) is 0 Å². The molecule has 0 saturated carbocycles. The van der Waals surface area contributed by atoms with Gasteiger partial charge in [-0.25, -0.2) is 9.78 Å². The van der Waals surface area contributed by atoms with E-state index in [9.17, 15) is 9.59 Å². The standard InChI is InChI=1S/C14H14N2O5S/c17-12(16-2-4-21-11(6-16)14(18)19)5-10-8-22-13(15-10)9-1-3-20-7-9/h1,3,7-8,11H,2,4-6H2,(H,18,19)/t11-/m1/s1. The SMILES string of the molecule is O=C(O)[C@H]1CN(C(=O)Cc2csc(-c3ccoc3)n2)CCO1. The Balaban J connectivity index is 1.63. The molecule has 7 nitrogen and oxygen atoms in total. The summed E-state index contributed by atoms with van der Waals surface area (Å²) in [5.74, 6) is -1.19. The second-order valence-electron chi connectivity index (χ2n) is 4.87. The fourth-order valence-corrected chi connectivity index (χ4v) is 3.00. The van der Waals surface area contributed by atoms with Crippen LogP contribution in [0.4, 0.5) is 0 Å². The Morgan fingerprint density at radius 2 is 2.36 bits per heavy atom. The van der Waals surface area contributed by atoms with Gasteiger partial charge in [0.05, 0.1) is 31.5 Å². The molecule has 0 unspecified atom stereocenters. The molecule has 1 aliphatic heterocycles. The van der Waals surface area contributed by atoms with E-state index in [2.05, 4.69) is 4.98 Å². The number of rotatable bonds is 4. The summed E-state index contributed by atoms with van der Waals surface area (Å²) in [5, 5.41) is 11.6. The predicted octanol–water partition coefficient (Wildman–Crippen LogP) is 1.26. The van der Waals surface area contributed by atoms with E-state index < -0.39 is 12.1 Å². The van der Waals surface area contributed by atoms with Crippen LogP contribution < -0.4 is 0 Å². The average molecular weight is 322 g/mol. The molecule has 3 rings (SSSR count). The molecule has 1 saturated heterocycles. The van der Waals surface area contributed by atoms with Gasteiger partial charge in [0.1, 0.15) is 11.3 Å². The number of hydrogen-bond donors (Lipinski definition) is 1. The number of carboxylic acid groups (broad SMARTS) is 1. The molecule has 2 aromatic rings. The molecule has 8 heteroatoms. The third kappa shape index (κ3) is 3.18. The molecular formula is C14H14N2O5S. The van der Waals surface area contributed by atoms with Crippen molar-refractivity contribution in [3.63, 3.8) is 0 Å². The summed E-state index contributed by atoms with van der Waals surface area (Å²) in [6.45, 7) is 0.717. The van der Waals surface area contributed by atoms with Gasteiger partial charge in [0.2, 0.25) is 5.91 Å². The van der Waals surface area contributed by atoms with E-state index in [0.29, 0.717) is 12.2 Å². The van der Waals surface area contributed by atoms with Crippen LogP contribution in [-0.4, -0.2) is 52.7 Å². The van der Waals surface area contributed by atoms with Crippen molar-refractivity contribution in [3.8, 4) is 10.6 Å². The van der Waals surface area contributed by atoms with Crippen molar-refractivity contribution in [3.05, 3.63) is 29.7 Å². The van der Waals surface area contributed by atoms with Gasteiger partial charge in [0, 0.05) is 17.5 Å². The minimum atomic E-state index is -1.05. The van der Waals surface area contributed by atoms with Crippen LogP contribution in [-0.2, 0) is 20.7 Å². The Kier molecular flexibility index (Phi) is 4.21. The second kappa shape index (κ2) is 6.29. The normalized spacial score (nSPS) is 18.4. The number of carboxylic acids is 1. The van der Waals surface area contributed by atoms with E-state index >= 15 is 0 Å². The van der Waals surface area contributed by atoms with Crippen molar-refractivity contribution in [2.45, 2.75) is 12.5 Å². The highest BCUT2D eigenvalue weighted by Crippen LogP contribution is 2.24. The molecule has 1 fully saturated rings. The molecule has 1 aliphatic rings. The van der Waals surface area contributed by atoms with Gasteiger partial charge in [-0.1, -0.05) is 0 Å². The zero-order valence-electron chi connectivity index (χ0n) is 11.6. The molecular weight excluding hydrogens is 308 g/mol. The molecule has 116 valence electrons. The van der Waals surface area contributed by atoms with Gasteiger partial charge >= 0.3 is 5.97 Å². The highest BCUT2D eigenvalue weighted by Gasteiger charge is 2.29. The first kappa shape index (κ1) is 14.7. The molecule has 1 N–H and O–H groups in total. The summed E-state index contributed by atoms with van der Waals surface area (Å²) in [6, 6.07) is 1.81. The summed E-state index contributed by atoms with van der Waals surface area (Å²) in [4.78, 5) is 29.1. The molecule has 1 atom stereocenters. The van der Waals surface area contributed by atoms with Crippen LogP contribution in [0.2, 0.25) is 0 Å². The number of ether oxygens (including phenoxy) is 1. The minimum absolute atomic E-state index is 0.0763. The van der Waals surface area contributed by atoms with Crippen LogP contribution in [0.1, 0.15) is 5.69 Å². The van der Waals surface area contributed by atoms with E-state index in [0.717, 1.165) is 10.6 Å². The largest absolute Gasteiger partial charge is 0.479 e. The van der Waals surface area contributed by atoms with Crippen LogP contribution in [0.25, 0.3) is 10.6 Å². The number of furan rings is 1. The first-order valence-electron chi connectivity index (χ1n) is 6.72. The van der Waals surface area contributed by atoms with Crippen LogP contribution in [0.3, 0.4) is 0 Å². The minimum Gasteiger partial charge on any atom is -0.479 e. The molecule has 2 aromatic heterocycles. The van der Waals surface area contributed by atoms with Crippen molar-refractivity contribution in [2.75, 3.05) is 19.7 Å². The van der Waals surface area contributed by atoms with E-state index in [-0.39, 0.29) is 25.5 Å². The maximum Gasteiger partial charge on any atom is 0.334 e. The lowest BCUT2D eigenvalue weighted by Crippen LogP contribution is -2.49. The number of carbonyl (C=O) groups excluding carboxylic acids is 1. The summed E-state index contributed by atoms with van der Waals surface area (Å²) in [5.41, 5.74) is 1.55. The molecule has 22 heavy (non-hydrogen) atoms. The quantitative estimate of drug-likeness (QED) is 0.911. The average Bonchev–Trinajstić information content (AvgIpc) is 3.18. The van der Waals surface area contributed by atoms with E-state index in [1.54, 1.807) is 12.5 Å². The molecule has 0 spiro atoms.